The molecule has 2 aliphatic rings. The second-order valence-corrected chi connectivity index (χ2v) is 5.40. The average Bonchev–Trinajstić information content (AvgIpc) is 2.68. The quantitative estimate of drug-likeness (QED) is 0.711. The van der Waals surface area contributed by atoms with E-state index >= 15 is 0 Å². The van der Waals surface area contributed by atoms with Crippen LogP contribution in [0.4, 0.5) is 0 Å². The van der Waals surface area contributed by atoms with E-state index in [-0.39, 0.29) is 12.6 Å². The molecular weight excluding hydrogens is 178 g/mol. The van der Waals surface area contributed by atoms with Crippen LogP contribution in [0.25, 0.3) is 0 Å². The van der Waals surface area contributed by atoms with Crippen LogP contribution in [0.3, 0.4) is 0 Å². The first kappa shape index (κ1) is 10.4. The number of rotatable bonds is 2. The lowest BCUT2D eigenvalue weighted by molar-refractivity contribution is 0.0820. The molecule has 2 saturated heterocycles. The minimum absolute atomic E-state index is 0.249. The van der Waals surface area contributed by atoms with Gasteiger partial charge in [0.15, 0.2) is 0 Å². The maximum absolute atomic E-state index is 9.20. The van der Waals surface area contributed by atoms with Crippen LogP contribution < -0.4 is 0 Å². The molecule has 2 fully saturated rings. The average molecular weight is 199 g/mol. The Bertz CT molecular complexity index is 217. The van der Waals surface area contributed by atoms with Crippen LogP contribution in [0, 0.1) is 11.3 Å². The smallest absolute Gasteiger partial charge is 0.0625 e. The summed E-state index contributed by atoms with van der Waals surface area (Å²) < 4.78 is 5.55. The predicted molar refractivity (Wildman–Crippen MR) is 55.1 cm³/mol. The lowest BCUT2D eigenvalue weighted by Crippen LogP contribution is -2.41. The van der Waals surface area contributed by atoms with Crippen molar-refractivity contribution in [3.63, 3.8) is 0 Å². The summed E-state index contributed by atoms with van der Waals surface area (Å²) in [7, 11) is 0. The van der Waals surface area contributed by atoms with Crippen LogP contribution in [-0.2, 0) is 4.74 Å². The molecule has 0 saturated carbocycles. The molecule has 0 aromatic heterocycles. The van der Waals surface area contributed by atoms with Crippen molar-refractivity contribution in [2.75, 3.05) is 26.4 Å². The second-order valence-electron chi connectivity index (χ2n) is 5.40. The molecule has 2 aliphatic heterocycles. The molecule has 3 heteroatoms. The van der Waals surface area contributed by atoms with Crippen molar-refractivity contribution in [1.82, 2.24) is 4.90 Å². The standard InChI is InChI=1S/C11H21NO2/c1-8(4-13)12-7-11(2,3)9-5-14-6-10(9)12/h8-10,13H,4-7H2,1-3H3. The van der Waals surface area contributed by atoms with Gasteiger partial charge in [-0.15, -0.1) is 0 Å². The summed E-state index contributed by atoms with van der Waals surface area (Å²) in [5.74, 6) is 0.650. The van der Waals surface area contributed by atoms with Gasteiger partial charge in [-0.1, -0.05) is 13.8 Å². The molecular formula is C11H21NO2. The van der Waals surface area contributed by atoms with Crippen molar-refractivity contribution in [3.8, 4) is 0 Å². The molecule has 0 spiro atoms. The fourth-order valence-electron chi connectivity index (χ4n) is 2.91. The molecule has 0 amide bonds. The van der Waals surface area contributed by atoms with Gasteiger partial charge in [-0.05, 0) is 12.3 Å². The summed E-state index contributed by atoms with van der Waals surface area (Å²) in [5.41, 5.74) is 0.338. The molecule has 14 heavy (non-hydrogen) atoms. The van der Waals surface area contributed by atoms with Crippen molar-refractivity contribution >= 4 is 0 Å². The zero-order valence-electron chi connectivity index (χ0n) is 9.36. The highest BCUT2D eigenvalue weighted by atomic mass is 16.5. The molecule has 2 heterocycles. The largest absolute Gasteiger partial charge is 0.395 e. The van der Waals surface area contributed by atoms with Gasteiger partial charge in [-0.3, -0.25) is 4.90 Å². The molecule has 3 unspecified atom stereocenters. The number of ether oxygens (including phenoxy) is 1. The Kier molecular flexibility index (Phi) is 2.58. The summed E-state index contributed by atoms with van der Waals surface area (Å²) in [5, 5.41) is 9.20. The zero-order valence-corrected chi connectivity index (χ0v) is 9.36. The number of likely N-dealkylation sites (tertiary alicyclic amines) is 1. The van der Waals surface area contributed by atoms with Gasteiger partial charge in [-0.25, -0.2) is 0 Å². The predicted octanol–water partition coefficient (Wildman–Crippen LogP) is 0.724. The molecule has 0 aliphatic carbocycles. The Labute approximate surface area is 86.0 Å². The minimum Gasteiger partial charge on any atom is -0.395 e. The van der Waals surface area contributed by atoms with Crippen LogP contribution in [0.15, 0.2) is 0 Å². The normalized spacial score (nSPS) is 38.6. The Morgan fingerprint density at radius 1 is 1.50 bits per heavy atom. The lowest BCUT2D eigenvalue weighted by Gasteiger charge is -2.28. The van der Waals surface area contributed by atoms with Crippen LogP contribution in [-0.4, -0.2) is 48.5 Å². The van der Waals surface area contributed by atoms with Gasteiger partial charge in [0.2, 0.25) is 0 Å². The number of hydrogen-bond donors (Lipinski definition) is 1. The van der Waals surface area contributed by atoms with Crippen molar-refractivity contribution in [2.24, 2.45) is 11.3 Å². The highest BCUT2D eigenvalue weighted by Crippen LogP contribution is 2.43. The third-order valence-electron chi connectivity index (χ3n) is 3.90. The van der Waals surface area contributed by atoms with Crippen molar-refractivity contribution in [1.29, 1.82) is 0 Å². The maximum atomic E-state index is 9.20. The molecule has 0 aromatic rings. The van der Waals surface area contributed by atoms with E-state index in [1.54, 1.807) is 0 Å². The van der Waals surface area contributed by atoms with Crippen molar-refractivity contribution < 1.29 is 9.84 Å². The lowest BCUT2D eigenvalue weighted by atomic mass is 9.80. The molecule has 3 nitrogen and oxygen atoms in total. The molecule has 3 atom stereocenters. The first-order valence-electron chi connectivity index (χ1n) is 5.50. The van der Waals surface area contributed by atoms with Crippen molar-refractivity contribution in [2.45, 2.75) is 32.9 Å². The molecule has 0 bridgehead atoms. The van der Waals surface area contributed by atoms with E-state index in [0.717, 1.165) is 19.8 Å². The molecule has 1 N–H and O–H groups in total. The zero-order chi connectivity index (χ0) is 10.3. The molecule has 0 radical (unpaired) electrons. The maximum Gasteiger partial charge on any atom is 0.0625 e. The SMILES string of the molecule is CC(CO)N1CC(C)(C)C2COCC21. The number of aliphatic hydroxyl groups is 1. The van der Waals surface area contributed by atoms with E-state index in [9.17, 15) is 5.11 Å². The third kappa shape index (κ3) is 1.47. The van der Waals surface area contributed by atoms with E-state index in [1.807, 2.05) is 0 Å². The second kappa shape index (κ2) is 3.47. The number of aliphatic hydroxyl groups excluding tert-OH is 1. The summed E-state index contributed by atoms with van der Waals surface area (Å²) in [6.07, 6.45) is 0. The Morgan fingerprint density at radius 3 is 2.86 bits per heavy atom. The first-order chi connectivity index (χ1) is 6.56. The molecule has 2 rings (SSSR count). The van der Waals surface area contributed by atoms with Crippen LogP contribution in [0.5, 0.6) is 0 Å². The number of nitrogens with zero attached hydrogens (tertiary/aromatic N) is 1. The Morgan fingerprint density at radius 2 is 2.21 bits per heavy atom. The summed E-state index contributed by atoms with van der Waals surface area (Å²) in [6.45, 7) is 9.79. The molecule has 0 aromatic carbocycles. The van der Waals surface area contributed by atoms with Gasteiger partial charge in [0.05, 0.1) is 19.8 Å². The van der Waals surface area contributed by atoms with Gasteiger partial charge in [0, 0.05) is 24.5 Å². The van der Waals surface area contributed by atoms with E-state index < -0.39 is 0 Å². The van der Waals surface area contributed by atoms with Crippen molar-refractivity contribution in [3.05, 3.63) is 0 Å². The first-order valence-corrected chi connectivity index (χ1v) is 5.50. The number of fused-ring (bicyclic) bond motifs is 1. The van der Waals surface area contributed by atoms with Gasteiger partial charge in [-0.2, -0.15) is 0 Å². The monoisotopic (exact) mass is 199 g/mol. The van der Waals surface area contributed by atoms with Crippen LogP contribution in [0.1, 0.15) is 20.8 Å². The third-order valence-corrected chi connectivity index (χ3v) is 3.90. The van der Waals surface area contributed by atoms with E-state index in [4.69, 9.17) is 4.74 Å². The molecule has 82 valence electrons. The van der Waals surface area contributed by atoms with Gasteiger partial charge in [0.25, 0.3) is 0 Å². The topological polar surface area (TPSA) is 32.7 Å². The van der Waals surface area contributed by atoms with E-state index in [2.05, 4.69) is 25.7 Å². The van der Waals surface area contributed by atoms with Gasteiger partial charge in [0.1, 0.15) is 0 Å². The summed E-state index contributed by atoms with van der Waals surface area (Å²) >= 11 is 0. The fraction of sp³-hybridized carbons (Fsp3) is 1.00. The Balaban J connectivity index is 2.14. The fourth-order valence-corrected chi connectivity index (χ4v) is 2.91. The van der Waals surface area contributed by atoms with E-state index in [0.29, 0.717) is 17.4 Å². The van der Waals surface area contributed by atoms with E-state index in [1.165, 1.54) is 0 Å². The number of hydrogen-bond acceptors (Lipinski definition) is 3. The summed E-state index contributed by atoms with van der Waals surface area (Å²) in [4.78, 5) is 2.41. The van der Waals surface area contributed by atoms with Gasteiger partial charge < -0.3 is 9.84 Å². The van der Waals surface area contributed by atoms with Crippen LogP contribution in [0.2, 0.25) is 0 Å². The summed E-state index contributed by atoms with van der Waals surface area (Å²) in [6, 6.07) is 0.804. The van der Waals surface area contributed by atoms with Crippen LogP contribution >= 0.6 is 0 Å². The minimum atomic E-state index is 0.249. The Hall–Kier alpha value is -0.120. The highest BCUT2D eigenvalue weighted by Gasteiger charge is 2.50. The highest BCUT2D eigenvalue weighted by molar-refractivity contribution is 5.02. The van der Waals surface area contributed by atoms with Gasteiger partial charge >= 0.3 is 0 Å².